The number of alkyl halides is 1. The van der Waals surface area contributed by atoms with E-state index in [9.17, 15) is 4.57 Å². The first-order chi connectivity index (χ1) is 3.68. The molecule has 0 fully saturated rings. The van der Waals surface area contributed by atoms with E-state index in [4.69, 9.17) is 22.8 Å². The molecule has 1 atom stereocenters. The van der Waals surface area contributed by atoms with Gasteiger partial charge in [0.2, 0.25) is 7.30 Å². The van der Waals surface area contributed by atoms with Gasteiger partial charge in [0.15, 0.2) is 0 Å². The van der Waals surface area contributed by atoms with Crippen molar-refractivity contribution >= 4 is 30.1 Å². The lowest BCUT2D eigenvalue weighted by atomic mass is 10.8. The Balaban J connectivity index is 3.32. The second-order valence-electron chi connectivity index (χ2n) is 1.36. The number of hydrogen-bond donors (Lipinski definition) is 0. The standard InChI is InChI=1S/C3H8Cl2NOP/c1-6(3-2-4)8(5)7/h8H,2-3H2,1H3. The van der Waals surface area contributed by atoms with Gasteiger partial charge in [-0.3, -0.25) is 4.57 Å². The lowest BCUT2D eigenvalue weighted by Crippen LogP contribution is -2.09. The van der Waals surface area contributed by atoms with Gasteiger partial charge in [0.25, 0.3) is 0 Å². The van der Waals surface area contributed by atoms with Crippen LogP contribution in [0.4, 0.5) is 0 Å². The molecular weight excluding hydrogens is 168 g/mol. The molecule has 0 aromatic rings. The summed E-state index contributed by atoms with van der Waals surface area (Å²) in [5, 5.41) is 0. The average molecular weight is 176 g/mol. The molecule has 0 saturated heterocycles. The van der Waals surface area contributed by atoms with Crippen LogP contribution in [-0.2, 0) is 4.57 Å². The Hall–Kier alpha value is 0.770. The smallest absolute Gasteiger partial charge is 0.223 e. The van der Waals surface area contributed by atoms with Crippen molar-refractivity contribution in [3.63, 3.8) is 0 Å². The summed E-state index contributed by atoms with van der Waals surface area (Å²) >= 11 is 10.5. The van der Waals surface area contributed by atoms with Gasteiger partial charge in [0.1, 0.15) is 0 Å². The molecule has 5 heteroatoms. The van der Waals surface area contributed by atoms with Gasteiger partial charge in [0, 0.05) is 12.4 Å². The van der Waals surface area contributed by atoms with Crippen LogP contribution in [0.3, 0.4) is 0 Å². The summed E-state index contributed by atoms with van der Waals surface area (Å²) in [6, 6.07) is 0. The molecule has 0 aromatic carbocycles. The fourth-order valence-corrected chi connectivity index (χ4v) is 1.15. The van der Waals surface area contributed by atoms with E-state index >= 15 is 0 Å². The zero-order chi connectivity index (χ0) is 6.57. The first-order valence-electron chi connectivity index (χ1n) is 2.15. The molecule has 0 bridgehead atoms. The van der Waals surface area contributed by atoms with E-state index in [1.54, 1.807) is 7.05 Å². The number of rotatable bonds is 3. The summed E-state index contributed by atoms with van der Waals surface area (Å²) in [4.78, 5) is 0. The lowest BCUT2D eigenvalue weighted by Gasteiger charge is -2.07. The van der Waals surface area contributed by atoms with E-state index < -0.39 is 7.30 Å². The van der Waals surface area contributed by atoms with Crippen LogP contribution in [0.15, 0.2) is 0 Å². The zero-order valence-electron chi connectivity index (χ0n) is 4.53. The maximum Gasteiger partial charge on any atom is 0.223 e. The SMILES string of the molecule is CN(CCCl)[PH](=O)Cl. The number of nitrogens with zero attached hydrogens (tertiary/aromatic N) is 1. The summed E-state index contributed by atoms with van der Waals surface area (Å²) in [6.07, 6.45) is 0. The molecular formula is C3H8Cl2NOP. The van der Waals surface area contributed by atoms with Crippen molar-refractivity contribution in [1.82, 2.24) is 4.67 Å². The van der Waals surface area contributed by atoms with Crippen molar-refractivity contribution < 1.29 is 4.57 Å². The summed E-state index contributed by atoms with van der Waals surface area (Å²) in [6.45, 7) is 0.586. The molecule has 0 aromatic heterocycles. The van der Waals surface area contributed by atoms with Crippen LogP contribution in [0.25, 0.3) is 0 Å². The fraction of sp³-hybridized carbons (Fsp3) is 1.00. The molecule has 0 aliphatic carbocycles. The van der Waals surface area contributed by atoms with Gasteiger partial charge in [-0.2, -0.15) is 0 Å². The maximum absolute atomic E-state index is 10.4. The molecule has 0 saturated carbocycles. The van der Waals surface area contributed by atoms with Gasteiger partial charge in [0.05, 0.1) is 0 Å². The van der Waals surface area contributed by atoms with Gasteiger partial charge in [-0.05, 0) is 18.3 Å². The molecule has 0 spiro atoms. The summed E-state index contributed by atoms with van der Waals surface area (Å²) in [5.74, 6) is 0.472. The highest BCUT2D eigenvalue weighted by Gasteiger charge is 1.99. The highest BCUT2D eigenvalue weighted by Crippen LogP contribution is 2.29. The number of halogens is 2. The van der Waals surface area contributed by atoms with Crippen LogP contribution in [0.5, 0.6) is 0 Å². The molecule has 0 amide bonds. The maximum atomic E-state index is 10.4. The number of hydrogen-bond acceptors (Lipinski definition) is 1. The molecule has 8 heavy (non-hydrogen) atoms. The summed E-state index contributed by atoms with van der Waals surface area (Å²) in [5.41, 5.74) is 0. The Morgan fingerprint density at radius 2 is 2.25 bits per heavy atom. The molecule has 1 unspecified atom stereocenters. The van der Waals surface area contributed by atoms with Crippen LogP contribution in [0.2, 0.25) is 0 Å². The van der Waals surface area contributed by atoms with E-state index in [-0.39, 0.29) is 0 Å². The van der Waals surface area contributed by atoms with E-state index in [1.165, 1.54) is 4.67 Å². The second kappa shape index (κ2) is 4.63. The van der Waals surface area contributed by atoms with E-state index in [2.05, 4.69) is 0 Å². The highest BCUT2D eigenvalue weighted by atomic mass is 35.7. The predicted octanol–water partition coefficient (Wildman–Crippen LogP) is 1.79. The summed E-state index contributed by atoms with van der Waals surface area (Å²) < 4.78 is 11.9. The minimum absolute atomic E-state index is 0.472. The molecule has 50 valence electrons. The Bertz CT molecular complexity index is 89.4. The Kier molecular flexibility index (Phi) is 5.08. The normalized spacial score (nSPS) is 14.5. The van der Waals surface area contributed by atoms with Gasteiger partial charge in [-0.25, -0.2) is 4.67 Å². The molecule has 0 radical (unpaired) electrons. The zero-order valence-corrected chi connectivity index (χ0v) is 7.04. The molecule has 0 heterocycles. The van der Waals surface area contributed by atoms with Crippen molar-refractivity contribution in [3.8, 4) is 0 Å². The Morgan fingerprint density at radius 3 is 2.38 bits per heavy atom. The van der Waals surface area contributed by atoms with Crippen molar-refractivity contribution in [2.24, 2.45) is 0 Å². The van der Waals surface area contributed by atoms with Crippen molar-refractivity contribution in [2.75, 3.05) is 19.5 Å². The second-order valence-corrected chi connectivity index (χ2v) is 3.98. The Labute approximate surface area is 59.4 Å². The van der Waals surface area contributed by atoms with E-state index in [0.717, 1.165) is 0 Å². The molecule has 2 nitrogen and oxygen atoms in total. The van der Waals surface area contributed by atoms with Gasteiger partial charge in [-0.15, -0.1) is 11.6 Å². The molecule has 0 aliphatic heterocycles. The monoisotopic (exact) mass is 175 g/mol. The first-order valence-corrected chi connectivity index (χ1v) is 5.05. The predicted molar refractivity (Wildman–Crippen MR) is 38.2 cm³/mol. The van der Waals surface area contributed by atoms with E-state index in [1.807, 2.05) is 0 Å². The summed E-state index contributed by atoms with van der Waals surface area (Å²) in [7, 11) is -0.327. The van der Waals surface area contributed by atoms with Crippen LogP contribution >= 0.6 is 30.1 Å². The fourth-order valence-electron chi connectivity index (χ4n) is 0.215. The third kappa shape index (κ3) is 3.73. The lowest BCUT2D eigenvalue weighted by molar-refractivity contribution is 0.517. The molecule has 0 aliphatic rings. The quantitative estimate of drug-likeness (QED) is 0.482. The van der Waals surface area contributed by atoms with Crippen molar-refractivity contribution in [1.29, 1.82) is 0 Å². The first kappa shape index (κ1) is 8.77. The van der Waals surface area contributed by atoms with Crippen molar-refractivity contribution in [3.05, 3.63) is 0 Å². The Morgan fingerprint density at radius 1 is 1.75 bits per heavy atom. The van der Waals surface area contributed by atoms with Crippen LogP contribution in [-0.4, -0.2) is 24.1 Å². The molecule has 0 N–H and O–H groups in total. The molecule has 0 rings (SSSR count). The minimum Gasteiger partial charge on any atom is -0.292 e. The highest BCUT2D eigenvalue weighted by molar-refractivity contribution is 7.71. The average Bonchev–Trinajstić information content (AvgIpc) is 1.67. The topological polar surface area (TPSA) is 20.3 Å². The van der Waals surface area contributed by atoms with Gasteiger partial charge >= 0.3 is 0 Å². The van der Waals surface area contributed by atoms with Crippen molar-refractivity contribution in [2.45, 2.75) is 0 Å². The largest absolute Gasteiger partial charge is 0.292 e. The minimum atomic E-state index is -2.00. The van der Waals surface area contributed by atoms with Crippen LogP contribution < -0.4 is 0 Å². The van der Waals surface area contributed by atoms with Gasteiger partial charge in [-0.1, -0.05) is 0 Å². The van der Waals surface area contributed by atoms with Gasteiger partial charge < -0.3 is 0 Å². The van der Waals surface area contributed by atoms with Crippen LogP contribution in [0, 0.1) is 0 Å². The third-order valence-corrected chi connectivity index (χ3v) is 2.58. The third-order valence-electron chi connectivity index (χ3n) is 0.720. The van der Waals surface area contributed by atoms with Crippen LogP contribution in [0.1, 0.15) is 0 Å². The van der Waals surface area contributed by atoms with E-state index in [0.29, 0.717) is 12.4 Å².